The first-order chi connectivity index (χ1) is 18.9. The monoisotopic (exact) mass is 597 g/mol. The first-order valence-corrected chi connectivity index (χ1v) is 16.1. The lowest BCUT2D eigenvalue weighted by molar-refractivity contribution is -0.0312. The van der Waals surface area contributed by atoms with Crippen LogP contribution in [0.4, 0.5) is 0 Å². The summed E-state index contributed by atoms with van der Waals surface area (Å²) >= 11 is 0. The van der Waals surface area contributed by atoms with Gasteiger partial charge in [-0.3, -0.25) is 0 Å². The highest BCUT2D eigenvalue weighted by atomic mass is 32.2. The van der Waals surface area contributed by atoms with Gasteiger partial charge >= 0.3 is 0 Å². The van der Waals surface area contributed by atoms with Gasteiger partial charge in [-0.05, 0) is 62.1 Å². The van der Waals surface area contributed by atoms with Crippen LogP contribution in [0.25, 0.3) is 0 Å². The molecule has 2 aromatic rings. The number of hydrogen-bond acceptors (Lipinski definition) is 9. The normalized spacial score (nSPS) is 20.6. The maximum Gasteiger partial charge on any atom is 0.243 e. The molecule has 2 saturated heterocycles. The third-order valence-corrected chi connectivity index (χ3v) is 11.2. The average molecular weight is 598 g/mol. The van der Waals surface area contributed by atoms with Crippen LogP contribution in [0.3, 0.4) is 0 Å². The van der Waals surface area contributed by atoms with Gasteiger partial charge in [0.05, 0.1) is 29.1 Å². The minimum Gasteiger partial charge on any atom is -0.496 e. The number of aliphatic hydroxyl groups excluding tert-OH is 1. The number of methoxy groups -OCH3 is 1. The number of sulfonamides is 2. The second kappa shape index (κ2) is 12.3. The number of aryl methyl sites for hydroxylation is 1. The molecule has 0 aliphatic carbocycles. The highest BCUT2D eigenvalue weighted by molar-refractivity contribution is 7.89. The smallest absolute Gasteiger partial charge is 0.243 e. The SMILES string of the molecule is COc1ccc(S(=O)(=O)N2CCC3(CC2)CC(NCC(O)COc2cccc(S(=O)(=O)N(C)C)c2)CO3)cc1C. The Bertz CT molecular complexity index is 1390. The van der Waals surface area contributed by atoms with E-state index in [-0.39, 0.29) is 34.6 Å². The number of nitrogens with one attached hydrogen (secondary N) is 1. The van der Waals surface area contributed by atoms with Crippen molar-refractivity contribution in [3.8, 4) is 11.5 Å². The van der Waals surface area contributed by atoms with Crippen LogP contribution in [0.15, 0.2) is 52.3 Å². The number of aliphatic hydroxyl groups is 1. The average Bonchev–Trinajstić information content (AvgIpc) is 3.33. The lowest BCUT2D eigenvalue weighted by Crippen LogP contribution is -2.47. The molecule has 0 radical (unpaired) electrons. The highest BCUT2D eigenvalue weighted by Crippen LogP contribution is 2.37. The van der Waals surface area contributed by atoms with E-state index in [0.29, 0.717) is 44.0 Å². The Balaban J connectivity index is 1.24. The zero-order valence-electron chi connectivity index (χ0n) is 23.4. The van der Waals surface area contributed by atoms with Crippen molar-refractivity contribution < 1.29 is 36.2 Å². The van der Waals surface area contributed by atoms with Gasteiger partial charge in [0.15, 0.2) is 0 Å². The van der Waals surface area contributed by atoms with Crippen molar-refractivity contribution in [1.82, 2.24) is 13.9 Å². The highest BCUT2D eigenvalue weighted by Gasteiger charge is 2.44. The molecule has 13 heteroatoms. The molecular formula is C27H39N3O8S2. The molecular weight excluding hydrogens is 558 g/mol. The van der Waals surface area contributed by atoms with Gasteiger partial charge in [0.2, 0.25) is 20.0 Å². The number of hydrogen-bond donors (Lipinski definition) is 2. The molecule has 2 N–H and O–H groups in total. The van der Waals surface area contributed by atoms with Crippen LogP contribution < -0.4 is 14.8 Å². The van der Waals surface area contributed by atoms with E-state index in [1.165, 1.54) is 30.5 Å². The summed E-state index contributed by atoms with van der Waals surface area (Å²) in [7, 11) is -2.71. The van der Waals surface area contributed by atoms with E-state index < -0.39 is 26.2 Å². The van der Waals surface area contributed by atoms with Crippen molar-refractivity contribution >= 4 is 20.0 Å². The third kappa shape index (κ3) is 6.78. The molecule has 0 bridgehead atoms. The summed E-state index contributed by atoms with van der Waals surface area (Å²) in [5.74, 6) is 1.01. The summed E-state index contributed by atoms with van der Waals surface area (Å²) in [4.78, 5) is 0.380. The van der Waals surface area contributed by atoms with Crippen LogP contribution in [0.1, 0.15) is 24.8 Å². The molecule has 2 aliphatic heterocycles. The van der Waals surface area contributed by atoms with Crippen LogP contribution in [0.5, 0.6) is 11.5 Å². The molecule has 2 fully saturated rings. The Labute approximate surface area is 237 Å². The number of piperidine rings is 1. The van der Waals surface area contributed by atoms with Crippen LogP contribution in [-0.4, -0.2) is 102 Å². The minimum absolute atomic E-state index is 0.00512. The molecule has 11 nitrogen and oxygen atoms in total. The van der Waals surface area contributed by atoms with Gasteiger partial charge in [0, 0.05) is 45.8 Å². The number of nitrogens with zero attached hydrogens (tertiary/aromatic N) is 2. The molecule has 2 unspecified atom stereocenters. The molecule has 0 saturated carbocycles. The molecule has 2 heterocycles. The lowest BCUT2D eigenvalue weighted by Gasteiger charge is -2.38. The maximum atomic E-state index is 13.2. The summed E-state index contributed by atoms with van der Waals surface area (Å²) in [6.07, 6.45) is 1.10. The van der Waals surface area contributed by atoms with E-state index in [1.807, 2.05) is 6.92 Å². The standard InChI is InChI=1S/C27H39N3O8S2/c1-20-14-25(8-9-26(20)36-4)40(34,35)30-12-10-27(11-13-30)16-21(18-38-27)28-17-22(31)19-37-23-6-5-7-24(15-23)39(32,33)29(2)3/h5-9,14-15,21-22,28,31H,10-13,16-19H2,1-4H3. The zero-order chi connectivity index (χ0) is 29.1. The Morgan fingerprint density at radius 1 is 1.12 bits per heavy atom. The number of ether oxygens (including phenoxy) is 3. The van der Waals surface area contributed by atoms with Gasteiger partial charge < -0.3 is 24.6 Å². The molecule has 2 aliphatic rings. The van der Waals surface area contributed by atoms with Gasteiger partial charge in [-0.15, -0.1) is 0 Å². The van der Waals surface area contributed by atoms with Crippen LogP contribution in [0.2, 0.25) is 0 Å². The van der Waals surface area contributed by atoms with E-state index in [0.717, 1.165) is 16.3 Å². The predicted molar refractivity (Wildman–Crippen MR) is 150 cm³/mol. The van der Waals surface area contributed by atoms with Gasteiger partial charge in [0.25, 0.3) is 0 Å². The summed E-state index contributed by atoms with van der Waals surface area (Å²) in [5.41, 5.74) is 0.378. The van der Waals surface area contributed by atoms with Crippen LogP contribution in [0, 0.1) is 6.92 Å². The van der Waals surface area contributed by atoms with E-state index >= 15 is 0 Å². The van der Waals surface area contributed by atoms with Gasteiger partial charge in [-0.25, -0.2) is 21.1 Å². The number of benzene rings is 2. The van der Waals surface area contributed by atoms with E-state index in [2.05, 4.69) is 5.32 Å². The Morgan fingerprint density at radius 3 is 2.50 bits per heavy atom. The van der Waals surface area contributed by atoms with Crippen molar-refractivity contribution in [1.29, 1.82) is 0 Å². The van der Waals surface area contributed by atoms with Crippen LogP contribution >= 0.6 is 0 Å². The number of rotatable bonds is 11. The summed E-state index contributed by atoms with van der Waals surface area (Å²) in [6.45, 7) is 3.31. The lowest BCUT2D eigenvalue weighted by atomic mass is 9.88. The third-order valence-electron chi connectivity index (χ3n) is 7.52. The molecule has 0 aromatic heterocycles. The molecule has 0 amide bonds. The first kappa shape index (κ1) is 30.7. The molecule has 40 heavy (non-hydrogen) atoms. The maximum absolute atomic E-state index is 13.2. The van der Waals surface area contributed by atoms with Crippen molar-refractivity contribution in [2.24, 2.45) is 0 Å². The molecule has 2 aromatic carbocycles. The van der Waals surface area contributed by atoms with Crippen molar-refractivity contribution in [3.63, 3.8) is 0 Å². The van der Waals surface area contributed by atoms with Gasteiger partial charge in [-0.2, -0.15) is 4.31 Å². The van der Waals surface area contributed by atoms with Crippen molar-refractivity contribution in [2.75, 3.05) is 54.1 Å². The summed E-state index contributed by atoms with van der Waals surface area (Å²) in [5, 5.41) is 13.8. The van der Waals surface area contributed by atoms with Gasteiger partial charge in [0.1, 0.15) is 24.2 Å². The van der Waals surface area contributed by atoms with E-state index in [1.54, 1.807) is 37.4 Å². The molecule has 1 spiro atoms. The Hall–Kier alpha value is -2.26. The molecule has 2 atom stereocenters. The fourth-order valence-corrected chi connectivity index (χ4v) is 7.57. The Morgan fingerprint density at radius 2 is 1.85 bits per heavy atom. The minimum atomic E-state index is -3.61. The Kier molecular flexibility index (Phi) is 9.45. The molecule has 4 rings (SSSR count). The topological polar surface area (TPSA) is 135 Å². The van der Waals surface area contributed by atoms with E-state index in [9.17, 15) is 21.9 Å². The summed E-state index contributed by atoms with van der Waals surface area (Å²) < 4.78 is 70.8. The fraction of sp³-hybridized carbons (Fsp3) is 0.556. The van der Waals surface area contributed by atoms with Crippen molar-refractivity contribution in [2.45, 2.75) is 53.7 Å². The fourth-order valence-electron chi connectivity index (χ4n) is 5.11. The van der Waals surface area contributed by atoms with Gasteiger partial charge in [-0.1, -0.05) is 6.07 Å². The quantitative estimate of drug-likeness (QED) is 0.396. The summed E-state index contributed by atoms with van der Waals surface area (Å²) in [6, 6.07) is 11.1. The first-order valence-electron chi connectivity index (χ1n) is 13.2. The second-order valence-corrected chi connectivity index (χ2v) is 14.7. The second-order valence-electron chi connectivity index (χ2n) is 10.6. The zero-order valence-corrected chi connectivity index (χ0v) is 25.0. The van der Waals surface area contributed by atoms with Crippen LogP contribution in [-0.2, 0) is 24.8 Å². The van der Waals surface area contributed by atoms with Crippen molar-refractivity contribution in [3.05, 3.63) is 48.0 Å². The predicted octanol–water partition coefficient (Wildman–Crippen LogP) is 1.60. The largest absolute Gasteiger partial charge is 0.496 e. The van der Waals surface area contributed by atoms with E-state index in [4.69, 9.17) is 14.2 Å². The molecule has 222 valence electrons.